The predicted octanol–water partition coefficient (Wildman–Crippen LogP) is 1.16. The second-order valence-electron chi connectivity index (χ2n) is 4.68. The summed E-state index contributed by atoms with van der Waals surface area (Å²) in [5, 5.41) is -3.70. The molecule has 0 heterocycles. The first-order valence-corrected chi connectivity index (χ1v) is 7.79. The van der Waals surface area contributed by atoms with Gasteiger partial charge in [-0.1, -0.05) is 12.7 Å². The standard InChI is InChI=1S/C12H14F5NO7S/c1-4-5-18-9(20)11(12(15,16)17,25-8(19)7(2)3)24-6-10(13,14)26(21,22)23/h4H,1-2,5-6H2,3H3,(H,18,20)(H,21,22,23). The van der Waals surface area contributed by atoms with Crippen LogP contribution in [0, 0.1) is 0 Å². The Hall–Kier alpha value is -2.06. The molecule has 1 atom stereocenters. The lowest BCUT2D eigenvalue weighted by molar-refractivity contribution is -0.352. The monoisotopic (exact) mass is 411 g/mol. The molecule has 0 aliphatic rings. The number of amides is 1. The molecule has 1 amide bonds. The predicted molar refractivity (Wildman–Crippen MR) is 75.3 cm³/mol. The van der Waals surface area contributed by atoms with Crippen molar-refractivity contribution in [3.05, 3.63) is 24.8 Å². The molecule has 0 aromatic carbocycles. The van der Waals surface area contributed by atoms with Gasteiger partial charge in [0.2, 0.25) is 0 Å². The van der Waals surface area contributed by atoms with E-state index in [1.165, 1.54) is 5.32 Å². The van der Waals surface area contributed by atoms with Crippen LogP contribution in [0.5, 0.6) is 0 Å². The average Bonchev–Trinajstić information content (AvgIpc) is 2.46. The number of hydrogen-bond donors (Lipinski definition) is 2. The Bertz CT molecular complexity index is 689. The molecule has 0 aliphatic heterocycles. The van der Waals surface area contributed by atoms with E-state index in [0.29, 0.717) is 0 Å². The molecule has 0 aromatic rings. The Morgan fingerprint density at radius 1 is 1.23 bits per heavy atom. The highest BCUT2D eigenvalue weighted by Gasteiger charge is 2.67. The molecule has 2 N–H and O–H groups in total. The van der Waals surface area contributed by atoms with Gasteiger partial charge in [0.1, 0.15) is 6.61 Å². The van der Waals surface area contributed by atoms with E-state index in [1.54, 1.807) is 0 Å². The third-order valence-electron chi connectivity index (χ3n) is 2.48. The first-order valence-electron chi connectivity index (χ1n) is 6.35. The van der Waals surface area contributed by atoms with Crippen LogP contribution >= 0.6 is 0 Å². The molecule has 0 saturated heterocycles. The molecular formula is C12H14F5NO7S. The van der Waals surface area contributed by atoms with Gasteiger partial charge in [-0.3, -0.25) is 9.35 Å². The summed E-state index contributed by atoms with van der Waals surface area (Å²) >= 11 is 0. The molecule has 26 heavy (non-hydrogen) atoms. The summed E-state index contributed by atoms with van der Waals surface area (Å²) in [4.78, 5) is 23.3. The molecule has 1 unspecified atom stereocenters. The van der Waals surface area contributed by atoms with Crippen LogP contribution in [0.1, 0.15) is 6.92 Å². The Morgan fingerprint density at radius 2 is 1.73 bits per heavy atom. The van der Waals surface area contributed by atoms with Crippen molar-refractivity contribution in [3.8, 4) is 0 Å². The number of rotatable bonds is 9. The summed E-state index contributed by atoms with van der Waals surface area (Å²) < 4.78 is 103. The molecule has 0 bridgehead atoms. The minimum Gasteiger partial charge on any atom is -0.412 e. The van der Waals surface area contributed by atoms with Crippen molar-refractivity contribution in [3.63, 3.8) is 0 Å². The van der Waals surface area contributed by atoms with Crippen LogP contribution in [0.4, 0.5) is 22.0 Å². The third-order valence-corrected chi connectivity index (χ3v) is 3.36. The number of nitrogens with one attached hydrogen (secondary N) is 1. The van der Waals surface area contributed by atoms with Crippen molar-refractivity contribution in [1.82, 2.24) is 5.32 Å². The number of alkyl halides is 5. The fourth-order valence-corrected chi connectivity index (χ4v) is 1.38. The maximum atomic E-state index is 13.4. The van der Waals surface area contributed by atoms with Gasteiger partial charge in [0.15, 0.2) is 0 Å². The lowest BCUT2D eigenvalue weighted by Gasteiger charge is -2.33. The van der Waals surface area contributed by atoms with Crippen molar-refractivity contribution in [2.45, 2.75) is 24.1 Å². The maximum absolute atomic E-state index is 13.4. The minimum absolute atomic E-state index is 0.612. The van der Waals surface area contributed by atoms with Crippen LogP contribution in [0.2, 0.25) is 0 Å². The number of ether oxygens (including phenoxy) is 2. The van der Waals surface area contributed by atoms with Crippen LogP contribution in [-0.4, -0.2) is 55.2 Å². The van der Waals surface area contributed by atoms with Gasteiger partial charge in [-0.2, -0.15) is 30.4 Å². The normalized spacial score (nSPS) is 14.9. The van der Waals surface area contributed by atoms with Crippen molar-refractivity contribution in [1.29, 1.82) is 0 Å². The Balaban J connectivity index is 6.10. The fourth-order valence-electron chi connectivity index (χ4n) is 1.17. The zero-order valence-electron chi connectivity index (χ0n) is 13.1. The van der Waals surface area contributed by atoms with E-state index < -0.39 is 57.9 Å². The first-order chi connectivity index (χ1) is 11.5. The molecule has 0 spiro atoms. The average molecular weight is 411 g/mol. The van der Waals surface area contributed by atoms with Gasteiger partial charge >= 0.3 is 39.2 Å². The zero-order chi connectivity index (χ0) is 21.0. The topological polar surface area (TPSA) is 119 Å². The molecule has 0 rings (SSSR count). The van der Waals surface area contributed by atoms with E-state index >= 15 is 0 Å². The summed E-state index contributed by atoms with van der Waals surface area (Å²) in [5.74, 6) is -8.72. The highest BCUT2D eigenvalue weighted by atomic mass is 32.2. The third kappa shape index (κ3) is 5.47. The van der Waals surface area contributed by atoms with E-state index in [4.69, 9.17) is 4.55 Å². The molecule has 0 aliphatic carbocycles. The van der Waals surface area contributed by atoms with Crippen LogP contribution in [0.3, 0.4) is 0 Å². The van der Waals surface area contributed by atoms with Gasteiger partial charge in [0, 0.05) is 12.1 Å². The molecule has 0 fully saturated rings. The van der Waals surface area contributed by atoms with E-state index in [9.17, 15) is 40.0 Å². The molecule has 14 heteroatoms. The lowest BCUT2D eigenvalue weighted by Crippen LogP contribution is -2.62. The van der Waals surface area contributed by atoms with Crippen LogP contribution in [0.15, 0.2) is 24.8 Å². The number of carbonyl (C=O) groups is 2. The van der Waals surface area contributed by atoms with Gasteiger partial charge in [0.05, 0.1) is 0 Å². The van der Waals surface area contributed by atoms with Crippen molar-refractivity contribution in [2.24, 2.45) is 0 Å². The number of halogens is 5. The van der Waals surface area contributed by atoms with Crippen molar-refractivity contribution < 1.29 is 54.0 Å². The number of esters is 1. The molecular weight excluding hydrogens is 397 g/mol. The molecule has 150 valence electrons. The summed E-state index contributed by atoms with van der Waals surface area (Å²) in [6, 6.07) is 0. The Kier molecular flexibility index (Phi) is 7.45. The van der Waals surface area contributed by atoms with E-state index in [2.05, 4.69) is 22.6 Å². The highest BCUT2D eigenvalue weighted by Crippen LogP contribution is 2.37. The van der Waals surface area contributed by atoms with Gasteiger partial charge in [-0.15, -0.1) is 6.58 Å². The van der Waals surface area contributed by atoms with Gasteiger partial charge in [-0.25, -0.2) is 4.79 Å². The number of carbonyl (C=O) groups excluding carboxylic acids is 2. The van der Waals surface area contributed by atoms with Crippen molar-refractivity contribution in [2.75, 3.05) is 13.2 Å². The second-order valence-corrected chi connectivity index (χ2v) is 6.23. The second kappa shape index (κ2) is 8.09. The zero-order valence-corrected chi connectivity index (χ0v) is 13.9. The first kappa shape index (κ1) is 23.9. The van der Waals surface area contributed by atoms with E-state index in [-0.39, 0.29) is 0 Å². The smallest absolute Gasteiger partial charge is 0.412 e. The molecule has 0 radical (unpaired) electrons. The molecule has 0 aromatic heterocycles. The quantitative estimate of drug-likeness (QED) is 0.146. The summed E-state index contributed by atoms with van der Waals surface area (Å²) in [6.45, 7) is 3.67. The Morgan fingerprint density at radius 3 is 2.08 bits per heavy atom. The molecule has 8 nitrogen and oxygen atoms in total. The van der Waals surface area contributed by atoms with Crippen LogP contribution < -0.4 is 5.32 Å². The van der Waals surface area contributed by atoms with E-state index in [1.807, 2.05) is 0 Å². The van der Waals surface area contributed by atoms with Crippen molar-refractivity contribution >= 4 is 22.0 Å². The van der Waals surface area contributed by atoms with Gasteiger partial charge in [0.25, 0.3) is 0 Å². The summed E-state index contributed by atoms with van der Waals surface area (Å²) in [7, 11) is -6.19. The summed E-state index contributed by atoms with van der Waals surface area (Å²) in [5.41, 5.74) is -0.653. The maximum Gasteiger partial charge on any atom is 0.466 e. The lowest BCUT2D eigenvalue weighted by atomic mass is 10.2. The van der Waals surface area contributed by atoms with Crippen LogP contribution in [-0.2, 0) is 29.2 Å². The van der Waals surface area contributed by atoms with Crippen LogP contribution in [0.25, 0.3) is 0 Å². The summed E-state index contributed by atoms with van der Waals surface area (Å²) in [6.07, 6.45) is -5.01. The van der Waals surface area contributed by atoms with Gasteiger partial charge < -0.3 is 14.8 Å². The highest BCUT2D eigenvalue weighted by molar-refractivity contribution is 7.86. The molecule has 0 saturated carbocycles. The SMILES string of the molecule is C=CCNC(=O)C(OCC(F)(F)S(=O)(=O)O)(OC(=O)C(=C)C)C(F)(F)F. The fraction of sp³-hybridized carbons (Fsp3) is 0.500. The van der Waals surface area contributed by atoms with Gasteiger partial charge in [-0.05, 0) is 6.92 Å². The largest absolute Gasteiger partial charge is 0.466 e. The Labute approximate surface area is 144 Å². The minimum atomic E-state index is -6.19. The number of hydrogen-bond acceptors (Lipinski definition) is 6. The van der Waals surface area contributed by atoms with E-state index in [0.717, 1.165) is 13.0 Å².